The summed E-state index contributed by atoms with van der Waals surface area (Å²) >= 11 is 0. The van der Waals surface area contributed by atoms with E-state index in [1.807, 2.05) is 30.5 Å². The molecule has 0 fully saturated rings. The molecule has 0 aliphatic heterocycles. The summed E-state index contributed by atoms with van der Waals surface area (Å²) in [4.78, 5) is 12.5. The Morgan fingerprint density at radius 3 is 2.54 bits per heavy atom. The Balaban J connectivity index is 1.78. The first-order valence-electron chi connectivity index (χ1n) is 8.60. The van der Waals surface area contributed by atoms with Crippen LogP contribution in [0.5, 0.6) is 0 Å². The van der Waals surface area contributed by atoms with E-state index in [9.17, 15) is 4.79 Å². The van der Waals surface area contributed by atoms with E-state index in [2.05, 4.69) is 43.4 Å². The van der Waals surface area contributed by atoms with Crippen LogP contribution in [0.15, 0.2) is 59.5 Å². The van der Waals surface area contributed by atoms with Crippen LogP contribution in [0, 0.1) is 6.92 Å². The Labute approximate surface area is 143 Å². The van der Waals surface area contributed by atoms with Crippen molar-refractivity contribution in [3.05, 3.63) is 76.2 Å². The minimum Gasteiger partial charge on any atom is -0.384 e. The molecular weight excluding hydrogens is 296 g/mol. The Kier molecular flexibility index (Phi) is 4.99. The number of nitrogens with one attached hydrogen (secondary N) is 1. The second-order valence-corrected chi connectivity index (χ2v) is 6.24. The van der Waals surface area contributed by atoms with Crippen LogP contribution in [0.4, 0.5) is 5.69 Å². The van der Waals surface area contributed by atoms with Gasteiger partial charge in [-0.15, -0.1) is 0 Å². The maximum absolute atomic E-state index is 12.5. The van der Waals surface area contributed by atoms with Crippen molar-refractivity contribution in [2.45, 2.75) is 33.2 Å². The van der Waals surface area contributed by atoms with E-state index in [4.69, 9.17) is 0 Å². The lowest BCUT2D eigenvalue weighted by molar-refractivity contribution is 0.659. The van der Waals surface area contributed by atoms with Crippen LogP contribution in [-0.2, 0) is 13.0 Å². The summed E-state index contributed by atoms with van der Waals surface area (Å²) in [6.45, 7) is 5.79. The third-order valence-corrected chi connectivity index (χ3v) is 4.33. The predicted octanol–water partition coefficient (Wildman–Crippen LogP) is 4.37. The number of hydrogen-bond donors (Lipinski definition) is 1. The lowest BCUT2D eigenvalue weighted by Crippen LogP contribution is -2.19. The molecule has 1 N–H and O–H groups in total. The molecular formula is C21H24N2O. The van der Waals surface area contributed by atoms with E-state index in [1.54, 1.807) is 4.57 Å². The third kappa shape index (κ3) is 3.51. The van der Waals surface area contributed by atoms with Crippen molar-refractivity contribution in [1.29, 1.82) is 0 Å². The van der Waals surface area contributed by atoms with Gasteiger partial charge in [0.2, 0.25) is 0 Å². The van der Waals surface area contributed by atoms with E-state index < -0.39 is 0 Å². The van der Waals surface area contributed by atoms with Crippen molar-refractivity contribution < 1.29 is 0 Å². The monoisotopic (exact) mass is 320 g/mol. The van der Waals surface area contributed by atoms with Crippen LogP contribution in [0.25, 0.3) is 10.8 Å². The molecule has 0 saturated carbocycles. The first-order valence-corrected chi connectivity index (χ1v) is 8.60. The van der Waals surface area contributed by atoms with Crippen LogP contribution >= 0.6 is 0 Å². The van der Waals surface area contributed by atoms with Crippen LogP contribution in [0.3, 0.4) is 0 Å². The fraction of sp³-hybridized carbons (Fsp3) is 0.286. The molecule has 124 valence electrons. The Bertz CT molecular complexity index is 878. The number of aromatic nitrogens is 1. The highest BCUT2D eigenvalue weighted by atomic mass is 16.1. The van der Waals surface area contributed by atoms with E-state index >= 15 is 0 Å². The van der Waals surface area contributed by atoms with Gasteiger partial charge in [-0.3, -0.25) is 4.79 Å². The summed E-state index contributed by atoms with van der Waals surface area (Å²) in [5.74, 6) is 0. The van der Waals surface area contributed by atoms with Crippen molar-refractivity contribution in [1.82, 2.24) is 4.57 Å². The van der Waals surface area contributed by atoms with Crippen molar-refractivity contribution >= 4 is 16.5 Å². The number of rotatable bonds is 6. The summed E-state index contributed by atoms with van der Waals surface area (Å²) in [5.41, 5.74) is 3.72. The highest BCUT2D eigenvalue weighted by Gasteiger charge is 2.06. The molecule has 3 nitrogen and oxygen atoms in total. The van der Waals surface area contributed by atoms with Crippen LogP contribution in [0.1, 0.15) is 24.5 Å². The van der Waals surface area contributed by atoms with E-state index in [1.165, 1.54) is 11.1 Å². The summed E-state index contributed by atoms with van der Waals surface area (Å²) in [7, 11) is 0. The lowest BCUT2D eigenvalue weighted by Gasteiger charge is -2.11. The molecule has 0 bridgehead atoms. The summed E-state index contributed by atoms with van der Waals surface area (Å²) < 4.78 is 1.79. The minimum absolute atomic E-state index is 0.0940. The van der Waals surface area contributed by atoms with Gasteiger partial charge in [0.15, 0.2) is 0 Å². The average molecular weight is 320 g/mol. The molecule has 0 atom stereocenters. The van der Waals surface area contributed by atoms with Gasteiger partial charge < -0.3 is 9.88 Å². The lowest BCUT2D eigenvalue weighted by atomic mass is 10.1. The second kappa shape index (κ2) is 7.35. The molecule has 3 rings (SSSR count). The molecule has 3 heteroatoms. The van der Waals surface area contributed by atoms with E-state index in [0.29, 0.717) is 0 Å². The van der Waals surface area contributed by atoms with Gasteiger partial charge in [0, 0.05) is 35.7 Å². The largest absolute Gasteiger partial charge is 0.384 e. The molecule has 0 amide bonds. The third-order valence-electron chi connectivity index (χ3n) is 4.33. The number of pyridine rings is 1. The van der Waals surface area contributed by atoms with Gasteiger partial charge in [-0.25, -0.2) is 0 Å². The molecule has 0 radical (unpaired) electrons. The topological polar surface area (TPSA) is 34.0 Å². The van der Waals surface area contributed by atoms with Gasteiger partial charge in [-0.1, -0.05) is 42.8 Å². The SMILES string of the molecule is CCCn1ccc2c(NCCc3ccc(C)cc3)cccc2c1=O. The number of nitrogens with zero attached hydrogens (tertiary/aromatic N) is 1. The van der Waals surface area contributed by atoms with Gasteiger partial charge in [0.25, 0.3) is 5.56 Å². The Morgan fingerprint density at radius 2 is 1.79 bits per heavy atom. The summed E-state index contributed by atoms with van der Waals surface area (Å²) in [5, 5.41) is 5.26. The van der Waals surface area contributed by atoms with Crippen LogP contribution in [-0.4, -0.2) is 11.1 Å². The minimum atomic E-state index is 0.0940. The van der Waals surface area contributed by atoms with Crippen LogP contribution in [0.2, 0.25) is 0 Å². The zero-order valence-corrected chi connectivity index (χ0v) is 14.4. The molecule has 3 aromatic rings. The van der Waals surface area contributed by atoms with Gasteiger partial charge in [-0.05, 0) is 43.5 Å². The first-order chi connectivity index (χ1) is 11.7. The highest BCUT2D eigenvalue weighted by molar-refractivity contribution is 5.93. The van der Waals surface area contributed by atoms with Gasteiger partial charge >= 0.3 is 0 Å². The molecule has 1 heterocycles. The standard InChI is InChI=1S/C21H24N2O/c1-3-14-23-15-12-18-19(21(23)24)5-4-6-20(18)22-13-11-17-9-7-16(2)8-10-17/h4-10,12,15,22H,3,11,13-14H2,1-2H3. The van der Waals surface area contributed by atoms with Crippen molar-refractivity contribution in [2.24, 2.45) is 0 Å². The quantitative estimate of drug-likeness (QED) is 0.731. The summed E-state index contributed by atoms with van der Waals surface area (Å²) in [6, 6.07) is 16.6. The maximum Gasteiger partial charge on any atom is 0.258 e. The van der Waals surface area contributed by atoms with Crippen LogP contribution < -0.4 is 10.9 Å². The predicted molar refractivity (Wildman–Crippen MR) is 102 cm³/mol. The molecule has 0 spiro atoms. The smallest absolute Gasteiger partial charge is 0.258 e. The molecule has 0 aliphatic carbocycles. The highest BCUT2D eigenvalue weighted by Crippen LogP contribution is 2.20. The van der Waals surface area contributed by atoms with E-state index in [-0.39, 0.29) is 5.56 Å². The van der Waals surface area contributed by atoms with Crippen molar-refractivity contribution in [3.63, 3.8) is 0 Å². The molecule has 24 heavy (non-hydrogen) atoms. The molecule has 2 aromatic carbocycles. The average Bonchev–Trinajstić information content (AvgIpc) is 2.60. The number of hydrogen-bond acceptors (Lipinski definition) is 2. The fourth-order valence-electron chi connectivity index (χ4n) is 2.99. The van der Waals surface area contributed by atoms with Crippen molar-refractivity contribution in [3.8, 4) is 0 Å². The number of anilines is 1. The second-order valence-electron chi connectivity index (χ2n) is 6.24. The molecule has 0 aliphatic rings. The molecule has 0 unspecified atom stereocenters. The van der Waals surface area contributed by atoms with Crippen molar-refractivity contribution in [2.75, 3.05) is 11.9 Å². The van der Waals surface area contributed by atoms with E-state index in [0.717, 1.165) is 42.4 Å². The number of fused-ring (bicyclic) bond motifs is 1. The Hall–Kier alpha value is -2.55. The van der Waals surface area contributed by atoms with Gasteiger partial charge in [0.1, 0.15) is 0 Å². The van der Waals surface area contributed by atoms with Gasteiger partial charge in [0.05, 0.1) is 0 Å². The normalized spacial score (nSPS) is 10.9. The molecule has 0 saturated heterocycles. The maximum atomic E-state index is 12.5. The number of benzene rings is 2. The fourth-order valence-corrected chi connectivity index (χ4v) is 2.99. The Morgan fingerprint density at radius 1 is 1.00 bits per heavy atom. The first kappa shape index (κ1) is 16.3. The zero-order chi connectivity index (χ0) is 16.9. The van der Waals surface area contributed by atoms with Gasteiger partial charge in [-0.2, -0.15) is 0 Å². The number of aryl methyl sites for hydroxylation is 2. The summed E-state index contributed by atoms with van der Waals surface area (Å²) in [6.07, 6.45) is 3.82. The molecule has 1 aromatic heterocycles. The zero-order valence-electron chi connectivity index (χ0n) is 14.4.